The second kappa shape index (κ2) is 30.4. The Kier molecular flexibility index (Phi) is 21.7. The van der Waals surface area contributed by atoms with Gasteiger partial charge in [0.15, 0.2) is 24.8 Å². The van der Waals surface area contributed by atoms with E-state index in [1.54, 1.807) is 36.4 Å². The maximum atomic E-state index is 16.2. The minimum Gasteiger partial charge on any atom is -0.487 e. The molecular formula is C88H86F8N4O6. The highest BCUT2D eigenvalue weighted by atomic mass is 19.4. The summed E-state index contributed by atoms with van der Waals surface area (Å²) in [4.78, 5) is 56.4. The van der Waals surface area contributed by atoms with Crippen molar-refractivity contribution < 1.29 is 54.2 Å². The molecule has 550 valence electrons. The number of ether oxygens (including phenoxy) is 2. The van der Waals surface area contributed by atoms with Crippen LogP contribution in [-0.4, -0.2) is 57.6 Å². The summed E-state index contributed by atoms with van der Waals surface area (Å²) in [6.45, 7) is 16.0. The number of fused-ring (bicyclic) bond motifs is 10. The summed E-state index contributed by atoms with van der Waals surface area (Å²) >= 11 is 0. The van der Waals surface area contributed by atoms with E-state index in [1.807, 2.05) is 126 Å². The van der Waals surface area contributed by atoms with E-state index in [9.17, 15) is 19.4 Å². The average Bonchev–Trinajstić information content (AvgIpc) is 1.46. The number of unbranched alkanes of at least 4 members (excludes halogenated alkanes) is 2. The van der Waals surface area contributed by atoms with Gasteiger partial charge in [-0.3, -0.25) is 9.59 Å². The molecule has 10 aromatic carbocycles. The van der Waals surface area contributed by atoms with Gasteiger partial charge in [-0.05, 0) is 159 Å². The lowest BCUT2D eigenvalue weighted by molar-refractivity contribution is -0.371. The van der Waals surface area contributed by atoms with Gasteiger partial charge < -0.3 is 18.6 Å². The van der Waals surface area contributed by atoms with Crippen molar-refractivity contribution >= 4 is 76.7 Å². The zero-order valence-corrected chi connectivity index (χ0v) is 61.2. The van der Waals surface area contributed by atoms with Crippen LogP contribution < -0.4 is 9.47 Å². The SMILES string of the molecule is CCCCC(CC)Cn1c2ccc(C(N=O)c3ccccc3OCC(F)(F)C(F)(F)C(F)(F)C(F)(F)COc3ccccc3C(N=O)c3ccc4c(c3)c3cc(C(=O)c5c(C)cc(C)cc5C)c5ccccc5c3n4CC(CC)CCCC)cc2c2cc(C(=O)c3c(C)cc(C)cc3C)c3ccccc3c21. The molecule has 0 fully saturated rings. The molecule has 10 nitrogen and oxygen atoms in total. The number of nitrogens with zero attached hydrogens (tertiary/aromatic N) is 4. The number of aromatic nitrogens is 2. The molecule has 0 bridgehead atoms. The second-order valence-corrected chi connectivity index (χ2v) is 28.8. The van der Waals surface area contributed by atoms with E-state index in [0.29, 0.717) is 56.9 Å². The molecule has 4 unspecified atom stereocenters. The smallest absolute Gasteiger partial charge is 0.381 e. The van der Waals surface area contributed by atoms with Crippen LogP contribution >= 0.6 is 0 Å². The number of alkyl halides is 8. The number of ketones is 2. The van der Waals surface area contributed by atoms with E-state index in [4.69, 9.17) is 9.47 Å². The van der Waals surface area contributed by atoms with E-state index in [0.717, 1.165) is 140 Å². The molecule has 0 radical (unpaired) electrons. The third-order valence-electron chi connectivity index (χ3n) is 21.4. The highest BCUT2D eigenvalue weighted by Crippen LogP contribution is 2.54. The van der Waals surface area contributed by atoms with Crippen molar-refractivity contribution in [2.45, 2.75) is 169 Å². The summed E-state index contributed by atoms with van der Waals surface area (Å²) in [7, 11) is 0. The molecule has 106 heavy (non-hydrogen) atoms. The molecule has 0 saturated carbocycles. The molecule has 0 saturated heterocycles. The van der Waals surface area contributed by atoms with Crippen molar-refractivity contribution in [1.29, 1.82) is 0 Å². The van der Waals surface area contributed by atoms with Crippen LogP contribution in [0.4, 0.5) is 35.1 Å². The lowest BCUT2D eigenvalue weighted by Crippen LogP contribution is -2.65. The maximum Gasteiger partial charge on any atom is 0.381 e. The van der Waals surface area contributed by atoms with Crippen molar-refractivity contribution in [3.8, 4) is 11.5 Å². The highest BCUT2D eigenvalue weighted by molar-refractivity contribution is 6.28. The Morgan fingerprint density at radius 3 is 1.09 bits per heavy atom. The highest BCUT2D eigenvalue weighted by Gasteiger charge is 2.81. The van der Waals surface area contributed by atoms with Crippen molar-refractivity contribution in [3.63, 3.8) is 0 Å². The molecule has 0 N–H and O–H groups in total. The molecule has 0 aliphatic heterocycles. The molecule has 12 aromatic rings. The second-order valence-electron chi connectivity index (χ2n) is 28.8. The largest absolute Gasteiger partial charge is 0.487 e. The molecular weight excluding hydrogens is 1360 g/mol. The van der Waals surface area contributed by atoms with E-state index in [-0.39, 0.29) is 45.7 Å². The molecule has 0 spiro atoms. The maximum absolute atomic E-state index is 16.2. The number of aryl methyl sites for hydroxylation is 6. The fourth-order valence-electron chi connectivity index (χ4n) is 16.0. The third kappa shape index (κ3) is 13.7. The molecule has 12 rings (SSSR count). The molecule has 18 heteroatoms. The Hall–Kier alpha value is -10.1. The summed E-state index contributed by atoms with van der Waals surface area (Å²) in [5.74, 6) is -27.0. The Labute approximate surface area is 611 Å². The summed E-state index contributed by atoms with van der Waals surface area (Å²) < 4.78 is 144. The number of carbonyl (C=O) groups excluding carboxylic acids is 2. The van der Waals surface area contributed by atoms with Gasteiger partial charge in [0.05, 0.1) is 11.0 Å². The molecule has 2 heterocycles. The van der Waals surface area contributed by atoms with Crippen LogP contribution in [-0.2, 0) is 13.1 Å². The fourth-order valence-corrected chi connectivity index (χ4v) is 16.0. The summed E-state index contributed by atoms with van der Waals surface area (Å²) in [5.41, 5.74) is 10.2. The van der Waals surface area contributed by atoms with Crippen molar-refractivity contribution in [1.82, 2.24) is 9.13 Å². The van der Waals surface area contributed by atoms with Crippen molar-refractivity contribution in [2.24, 2.45) is 22.2 Å². The Morgan fingerprint density at radius 2 is 0.755 bits per heavy atom. The van der Waals surface area contributed by atoms with Gasteiger partial charge >= 0.3 is 23.7 Å². The number of para-hydroxylation sites is 2. The first-order chi connectivity index (χ1) is 50.6. The summed E-state index contributed by atoms with van der Waals surface area (Å²) in [6, 6.07) is 43.6. The number of nitroso groups, excluding NO2 is 2. The van der Waals surface area contributed by atoms with Crippen LogP contribution in [0.2, 0.25) is 0 Å². The number of rotatable bonds is 31. The molecule has 0 aliphatic carbocycles. The van der Waals surface area contributed by atoms with Gasteiger partial charge in [-0.15, -0.1) is 9.81 Å². The first-order valence-electron chi connectivity index (χ1n) is 36.5. The van der Waals surface area contributed by atoms with E-state index >= 15 is 35.1 Å². The summed E-state index contributed by atoms with van der Waals surface area (Å²) in [5, 5.41) is 12.3. The quantitative estimate of drug-likeness (QED) is 0.0242. The monoisotopic (exact) mass is 1450 g/mol. The lowest BCUT2D eigenvalue weighted by Gasteiger charge is -2.36. The van der Waals surface area contributed by atoms with Gasteiger partial charge in [-0.2, -0.15) is 35.1 Å². The first kappa shape index (κ1) is 75.6. The van der Waals surface area contributed by atoms with Gasteiger partial charge in [0, 0.05) is 89.8 Å². The van der Waals surface area contributed by atoms with Crippen molar-refractivity contribution in [3.05, 3.63) is 258 Å². The molecule has 4 atom stereocenters. The van der Waals surface area contributed by atoms with Crippen LogP contribution in [0.5, 0.6) is 11.5 Å². The predicted octanol–water partition coefficient (Wildman–Crippen LogP) is 24.7. The molecule has 0 aliphatic rings. The number of benzene rings is 10. The van der Waals surface area contributed by atoms with Crippen LogP contribution in [0.25, 0.3) is 65.2 Å². The molecule has 2 aromatic heterocycles. The van der Waals surface area contributed by atoms with Gasteiger partial charge in [0.1, 0.15) is 23.6 Å². The average molecular weight is 1450 g/mol. The topological polar surface area (TPSA) is 121 Å². The normalized spacial score (nSPS) is 13.6. The van der Waals surface area contributed by atoms with E-state index in [2.05, 4.69) is 47.2 Å². The van der Waals surface area contributed by atoms with Crippen LogP contribution in [0.15, 0.2) is 180 Å². The summed E-state index contributed by atoms with van der Waals surface area (Å²) in [6.07, 6.45) is 7.55. The Bertz CT molecular complexity index is 5010. The van der Waals surface area contributed by atoms with Crippen molar-refractivity contribution in [2.75, 3.05) is 13.2 Å². The fraction of sp³-hybridized carbons (Fsp3) is 0.341. The standard InChI is InChI=1S/C88H86F8N4O6/c1-11-15-25-57(13-3)47-99-73-37-35-59(43-67(73)69-45-71(61-27-17-19-29-63(61)81(69)99)83(101)77-53(7)39-51(5)40-54(77)8)79(97-103)65-31-21-23-33-75(65)105-49-85(89,90)87(93,94)88(95,96)86(91,92)50-106-76-34-24-22-32-66(76)80(98-104)60-36-38-74-68(44-60)70-46-72(84(102)78-55(9)41-52(6)42-56(78)10)62-28-18-20-30-64(62)82(70)100(74)48-58(14-4)26-16-12-2/h17-24,27-46,57-58,79-80H,11-16,25-26,47-50H2,1-10H3. The van der Waals surface area contributed by atoms with Gasteiger partial charge in [0.2, 0.25) is 0 Å². The Morgan fingerprint density at radius 1 is 0.415 bits per heavy atom. The number of hydrogen-bond acceptors (Lipinski definition) is 8. The van der Waals surface area contributed by atoms with E-state index < -0.39 is 60.5 Å². The molecule has 0 amide bonds. The number of hydrogen-bond donors (Lipinski definition) is 0. The Balaban J connectivity index is 0.835. The van der Waals surface area contributed by atoms with Crippen LogP contribution in [0, 0.1) is 63.2 Å². The predicted molar refractivity (Wildman–Crippen MR) is 408 cm³/mol. The minimum atomic E-state index is -6.83. The zero-order valence-electron chi connectivity index (χ0n) is 61.2. The number of carbonyl (C=O) groups is 2. The van der Waals surface area contributed by atoms with Gasteiger partial charge in [-0.1, -0.05) is 209 Å². The zero-order chi connectivity index (χ0) is 75.9. The van der Waals surface area contributed by atoms with E-state index in [1.165, 1.54) is 36.4 Å². The minimum absolute atomic E-state index is 0.186. The first-order valence-corrected chi connectivity index (χ1v) is 36.5. The van der Waals surface area contributed by atoms with Gasteiger partial charge in [-0.25, -0.2) is 0 Å². The number of halogens is 8. The van der Waals surface area contributed by atoms with Crippen LogP contribution in [0.3, 0.4) is 0 Å². The third-order valence-corrected chi connectivity index (χ3v) is 21.4. The lowest BCUT2D eigenvalue weighted by atomic mass is 9.89. The van der Waals surface area contributed by atoms with Gasteiger partial charge in [0.25, 0.3) is 0 Å². The van der Waals surface area contributed by atoms with Crippen LogP contribution in [0.1, 0.15) is 179 Å².